The fourth-order valence-electron chi connectivity index (χ4n) is 1.84. The summed E-state index contributed by atoms with van der Waals surface area (Å²) in [5, 5.41) is 3.44. The number of rotatable bonds is 5. The molecule has 1 saturated carbocycles. The molecule has 4 heteroatoms. The molecule has 98 valence electrons. The molecule has 19 heavy (non-hydrogen) atoms. The molecule has 0 amide bonds. The third kappa shape index (κ3) is 3.29. The summed E-state index contributed by atoms with van der Waals surface area (Å²) in [6.45, 7) is 2.72. The number of hydrogen-bond acceptors (Lipinski definition) is 4. The largest absolute Gasteiger partial charge is 0.437 e. The molecule has 0 bridgehead atoms. The average Bonchev–Trinajstić information content (AvgIpc) is 3.24. The summed E-state index contributed by atoms with van der Waals surface area (Å²) in [6, 6.07) is 10.3. The maximum Gasteiger partial charge on any atom is 0.219 e. The van der Waals surface area contributed by atoms with Gasteiger partial charge in [-0.05, 0) is 38.0 Å². The number of aryl methyl sites for hydroxylation is 1. The lowest BCUT2D eigenvalue weighted by atomic mass is 10.3. The highest BCUT2D eigenvalue weighted by atomic mass is 16.5. The number of ether oxygens (including phenoxy) is 1. The normalized spacial score (nSPS) is 14.4. The molecular weight excluding hydrogens is 238 g/mol. The molecule has 3 rings (SSSR count). The van der Waals surface area contributed by atoms with Gasteiger partial charge in [-0.15, -0.1) is 0 Å². The standard InChI is InChI=1S/C15H17N3O/c1-11-14(5-3-9-16-11)19-15-6-2-4-13(18-15)10-17-12-7-8-12/h2-6,9,12,17H,7-8,10H2,1H3. The van der Waals surface area contributed by atoms with E-state index in [1.54, 1.807) is 6.20 Å². The Labute approximate surface area is 112 Å². The third-order valence-electron chi connectivity index (χ3n) is 3.10. The van der Waals surface area contributed by atoms with E-state index in [4.69, 9.17) is 4.74 Å². The minimum atomic E-state index is 0.617. The van der Waals surface area contributed by atoms with Gasteiger partial charge in [-0.2, -0.15) is 0 Å². The zero-order valence-electron chi connectivity index (χ0n) is 11.0. The van der Waals surface area contributed by atoms with Gasteiger partial charge in [0.2, 0.25) is 5.88 Å². The molecular formula is C15H17N3O. The molecule has 4 nitrogen and oxygen atoms in total. The Hall–Kier alpha value is -1.94. The smallest absolute Gasteiger partial charge is 0.219 e. The van der Waals surface area contributed by atoms with Crippen LogP contribution in [0.5, 0.6) is 11.6 Å². The quantitative estimate of drug-likeness (QED) is 0.892. The predicted octanol–water partition coefficient (Wildman–Crippen LogP) is 2.83. The van der Waals surface area contributed by atoms with Crippen LogP contribution in [0.2, 0.25) is 0 Å². The molecule has 2 heterocycles. The van der Waals surface area contributed by atoms with Gasteiger partial charge >= 0.3 is 0 Å². The van der Waals surface area contributed by atoms with Crippen LogP contribution in [-0.4, -0.2) is 16.0 Å². The lowest BCUT2D eigenvalue weighted by molar-refractivity contribution is 0.453. The Balaban J connectivity index is 1.70. The fraction of sp³-hybridized carbons (Fsp3) is 0.333. The Morgan fingerprint density at radius 2 is 2.16 bits per heavy atom. The van der Waals surface area contributed by atoms with Crippen molar-refractivity contribution in [1.29, 1.82) is 0 Å². The van der Waals surface area contributed by atoms with Crippen LogP contribution in [0.3, 0.4) is 0 Å². The molecule has 0 aromatic carbocycles. The highest BCUT2D eigenvalue weighted by Crippen LogP contribution is 2.22. The van der Waals surface area contributed by atoms with E-state index in [0.717, 1.165) is 23.7 Å². The monoisotopic (exact) mass is 255 g/mol. The second kappa shape index (κ2) is 5.36. The van der Waals surface area contributed by atoms with Gasteiger partial charge in [0.05, 0.1) is 11.4 Å². The van der Waals surface area contributed by atoms with Crippen molar-refractivity contribution >= 4 is 0 Å². The van der Waals surface area contributed by atoms with E-state index >= 15 is 0 Å². The van der Waals surface area contributed by atoms with Gasteiger partial charge in [-0.25, -0.2) is 4.98 Å². The highest BCUT2D eigenvalue weighted by molar-refractivity contribution is 5.30. The van der Waals surface area contributed by atoms with Gasteiger partial charge in [0.1, 0.15) is 0 Å². The van der Waals surface area contributed by atoms with Gasteiger partial charge in [0.15, 0.2) is 5.75 Å². The van der Waals surface area contributed by atoms with E-state index in [0.29, 0.717) is 11.9 Å². The van der Waals surface area contributed by atoms with Crippen molar-refractivity contribution in [2.75, 3.05) is 0 Å². The first-order valence-corrected chi connectivity index (χ1v) is 6.60. The second-order valence-electron chi connectivity index (χ2n) is 4.81. The first-order valence-electron chi connectivity index (χ1n) is 6.60. The molecule has 0 unspecified atom stereocenters. The Morgan fingerprint density at radius 3 is 2.95 bits per heavy atom. The van der Waals surface area contributed by atoms with E-state index in [9.17, 15) is 0 Å². The first-order chi connectivity index (χ1) is 9.31. The molecule has 0 atom stereocenters. The number of hydrogen-bond donors (Lipinski definition) is 1. The van der Waals surface area contributed by atoms with Gasteiger partial charge in [-0.3, -0.25) is 4.98 Å². The zero-order chi connectivity index (χ0) is 13.1. The van der Waals surface area contributed by atoms with E-state index in [1.165, 1.54) is 12.8 Å². The number of aromatic nitrogens is 2. The molecule has 1 N–H and O–H groups in total. The van der Waals surface area contributed by atoms with E-state index < -0.39 is 0 Å². The summed E-state index contributed by atoms with van der Waals surface area (Å²) >= 11 is 0. The van der Waals surface area contributed by atoms with Crippen molar-refractivity contribution in [1.82, 2.24) is 15.3 Å². The number of pyridine rings is 2. The van der Waals surface area contributed by atoms with E-state index in [-0.39, 0.29) is 0 Å². The molecule has 0 aliphatic heterocycles. The van der Waals surface area contributed by atoms with Crippen molar-refractivity contribution in [3.63, 3.8) is 0 Å². The van der Waals surface area contributed by atoms with Crippen LogP contribution >= 0.6 is 0 Å². The molecule has 0 spiro atoms. The van der Waals surface area contributed by atoms with Crippen LogP contribution in [0.1, 0.15) is 24.2 Å². The van der Waals surface area contributed by atoms with Gasteiger partial charge < -0.3 is 10.1 Å². The zero-order valence-corrected chi connectivity index (χ0v) is 11.0. The van der Waals surface area contributed by atoms with Crippen LogP contribution in [0.15, 0.2) is 36.5 Å². The second-order valence-corrected chi connectivity index (χ2v) is 4.81. The minimum Gasteiger partial charge on any atom is -0.437 e. The van der Waals surface area contributed by atoms with Crippen molar-refractivity contribution in [3.8, 4) is 11.6 Å². The summed E-state index contributed by atoms with van der Waals surface area (Å²) in [6.07, 6.45) is 4.32. The average molecular weight is 255 g/mol. The lowest BCUT2D eigenvalue weighted by Crippen LogP contribution is -2.16. The van der Waals surface area contributed by atoms with Crippen molar-refractivity contribution < 1.29 is 4.74 Å². The summed E-state index contributed by atoms with van der Waals surface area (Å²) in [5.74, 6) is 1.37. The van der Waals surface area contributed by atoms with Gasteiger partial charge in [0.25, 0.3) is 0 Å². The molecule has 0 radical (unpaired) electrons. The summed E-state index contributed by atoms with van der Waals surface area (Å²) in [7, 11) is 0. The molecule has 1 aliphatic rings. The Kier molecular flexibility index (Phi) is 3.42. The molecule has 1 fully saturated rings. The summed E-state index contributed by atoms with van der Waals surface area (Å²) < 4.78 is 5.77. The van der Waals surface area contributed by atoms with E-state index in [2.05, 4.69) is 15.3 Å². The Bertz CT molecular complexity index is 567. The lowest BCUT2D eigenvalue weighted by Gasteiger charge is -2.08. The molecule has 1 aliphatic carbocycles. The first kappa shape index (κ1) is 12.1. The Morgan fingerprint density at radius 1 is 1.26 bits per heavy atom. The topological polar surface area (TPSA) is 47.0 Å². The molecule has 0 saturated heterocycles. The maximum absolute atomic E-state index is 5.77. The van der Waals surface area contributed by atoms with E-state index in [1.807, 2.05) is 37.3 Å². The third-order valence-corrected chi connectivity index (χ3v) is 3.10. The molecule has 2 aromatic rings. The summed E-state index contributed by atoms with van der Waals surface area (Å²) in [5.41, 5.74) is 1.87. The van der Waals surface area contributed by atoms with Crippen LogP contribution in [0, 0.1) is 6.92 Å². The van der Waals surface area contributed by atoms with Gasteiger partial charge in [0, 0.05) is 24.8 Å². The SMILES string of the molecule is Cc1ncccc1Oc1cccc(CNC2CC2)n1. The van der Waals surface area contributed by atoms with Crippen LogP contribution in [-0.2, 0) is 6.54 Å². The van der Waals surface area contributed by atoms with Gasteiger partial charge in [-0.1, -0.05) is 6.07 Å². The predicted molar refractivity (Wildman–Crippen MR) is 73.1 cm³/mol. The number of nitrogens with one attached hydrogen (secondary N) is 1. The molecule has 2 aromatic heterocycles. The van der Waals surface area contributed by atoms with Crippen molar-refractivity contribution in [2.24, 2.45) is 0 Å². The fourth-order valence-corrected chi connectivity index (χ4v) is 1.84. The minimum absolute atomic E-state index is 0.617. The van der Waals surface area contributed by atoms with Crippen molar-refractivity contribution in [3.05, 3.63) is 47.9 Å². The number of nitrogens with zero attached hydrogens (tertiary/aromatic N) is 2. The van der Waals surface area contributed by atoms with Crippen LogP contribution in [0.25, 0.3) is 0 Å². The maximum atomic E-state index is 5.77. The van der Waals surface area contributed by atoms with Crippen LogP contribution < -0.4 is 10.1 Å². The highest BCUT2D eigenvalue weighted by Gasteiger charge is 2.20. The van der Waals surface area contributed by atoms with Crippen LogP contribution in [0.4, 0.5) is 0 Å². The summed E-state index contributed by atoms with van der Waals surface area (Å²) in [4.78, 5) is 8.70. The van der Waals surface area contributed by atoms with Crippen molar-refractivity contribution in [2.45, 2.75) is 32.4 Å².